The van der Waals surface area contributed by atoms with E-state index in [1.54, 1.807) is 0 Å². The second-order valence-corrected chi connectivity index (χ2v) is 16.5. The molecule has 9 aromatic rings. The van der Waals surface area contributed by atoms with Gasteiger partial charge in [0.15, 0.2) is 5.82 Å². The second kappa shape index (κ2) is 14.2. The van der Waals surface area contributed by atoms with Crippen LogP contribution in [-0.2, 0) is 10.8 Å². The number of benzene rings is 8. The minimum Gasteiger partial charge on any atom is -0.457 e. The molecule has 0 amide bonds. The van der Waals surface area contributed by atoms with Gasteiger partial charge in [0.25, 0.3) is 0 Å². The molecule has 0 fully saturated rings. The van der Waals surface area contributed by atoms with Crippen molar-refractivity contribution in [3.8, 4) is 73.7 Å². The topological polar surface area (TPSA) is 58.8 Å². The quantitative estimate of drug-likeness (QED) is 0.174. The van der Waals surface area contributed by atoms with Crippen LogP contribution in [0.4, 0.5) is 0 Å². The molecule has 61 heavy (non-hydrogen) atoms. The molecule has 1 aliphatic carbocycles. The molecule has 0 bridgehead atoms. The van der Waals surface area contributed by atoms with E-state index >= 15 is 0 Å². The first-order valence-electron chi connectivity index (χ1n) is 20.7. The number of nitriles is 1. The zero-order chi connectivity index (χ0) is 41.1. The number of hydrogen-bond donors (Lipinski definition) is 0. The van der Waals surface area contributed by atoms with Gasteiger partial charge in [0, 0.05) is 33.2 Å². The summed E-state index contributed by atoms with van der Waals surface area (Å²) in [5.74, 6) is 2.37. The third-order valence-corrected chi connectivity index (χ3v) is 12.6. The van der Waals surface area contributed by atoms with Crippen molar-refractivity contribution in [2.45, 2.75) is 24.7 Å². The Morgan fingerprint density at radius 2 is 0.869 bits per heavy atom. The summed E-state index contributed by atoms with van der Waals surface area (Å²) in [5.41, 5.74) is 16.0. The molecule has 4 heteroatoms. The SMILES string of the molecule is CC1(C)c2ccccc2C2(c3ccccc3Oc3cc(-c4cccc(-c5cc(-c6cccc(-c7cccc(C#N)c7)c6)nc(-c6ccccc6)n5)c4)ccc32)c2ccccc21. The molecular formula is C57H39N3O. The number of rotatable bonds is 5. The first-order chi connectivity index (χ1) is 29.9. The highest BCUT2D eigenvalue weighted by molar-refractivity contribution is 5.81. The molecule has 1 aromatic heterocycles. The number of para-hydroxylation sites is 1. The average Bonchev–Trinajstić information content (AvgIpc) is 3.33. The Labute approximate surface area is 356 Å². The normalized spacial score (nSPS) is 13.8. The summed E-state index contributed by atoms with van der Waals surface area (Å²) in [6, 6.07) is 72.3. The van der Waals surface area contributed by atoms with Crippen molar-refractivity contribution in [2.24, 2.45) is 0 Å². The van der Waals surface area contributed by atoms with E-state index in [1.807, 2.05) is 60.7 Å². The van der Waals surface area contributed by atoms with Crippen LogP contribution in [-0.4, -0.2) is 9.97 Å². The fraction of sp³-hybridized carbons (Fsp3) is 0.0702. The minimum absolute atomic E-state index is 0.180. The number of fused-ring (bicyclic) bond motifs is 8. The zero-order valence-corrected chi connectivity index (χ0v) is 33.8. The van der Waals surface area contributed by atoms with Crippen molar-refractivity contribution in [3.05, 3.63) is 239 Å². The summed E-state index contributed by atoms with van der Waals surface area (Å²) >= 11 is 0. The van der Waals surface area contributed by atoms with E-state index in [4.69, 9.17) is 14.7 Å². The molecule has 0 saturated heterocycles. The van der Waals surface area contributed by atoms with Crippen molar-refractivity contribution >= 4 is 0 Å². The number of nitrogens with zero attached hydrogens (tertiary/aromatic N) is 3. The standard InChI is InChI=1S/C57H39N3O/c1-56(2)45-23-6-8-25-47(45)57(48-26-9-7-24-46(48)56)49-27-10-11-28-53(49)61-54-34-42(29-30-50(54)57)41-20-14-22-44(33-41)52-35-51(59-55(60-52)38-16-4-3-5-17-38)43-21-13-19-40(32-43)39-18-12-15-37(31-39)36-58/h3-35H,1-2H3. The Balaban J connectivity index is 1.05. The van der Waals surface area contributed by atoms with Gasteiger partial charge in [-0.25, -0.2) is 9.97 Å². The summed E-state index contributed by atoms with van der Waals surface area (Å²) in [4.78, 5) is 10.3. The van der Waals surface area contributed by atoms with Gasteiger partial charge in [0.1, 0.15) is 11.5 Å². The van der Waals surface area contributed by atoms with Crippen molar-refractivity contribution in [3.63, 3.8) is 0 Å². The third kappa shape index (κ3) is 5.81. The monoisotopic (exact) mass is 781 g/mol. The molecule has 0 saturated carbocycles. The van der Waals surface area contributed by atoms with Gasteiger partial charge in [-0.2, -0.15) is 5.26 Å². The molecule has 11 rings (SSSR count). The van der Waals surface area contributed by atoms with Gasteiger partial charge in [-0.15, -0.1) is 0 Å². The molecule has 0 unspecified atom stereocenters. The molecule has 0 N–H and O–H groups in total. The molecule has 1 spiro atoms. The van der Waals surface area contributed by atoms with E-state index in [0.717, 1.165) is 73.0 Å². The Kier molecular flexibility index (Phi) is 8.41. The number of hydrogen-bond acceptors (Lipinski definition) is 4. The van der Waals surface area contributed by atoms with Crippen LogP contribution in [0.5, 0.6) is 11.5 Å². The van der Waals surface area contributed by atoms with E-state index in [1.165, 1.54) is 22.3 Å². The van der Waals surface area contributed by atoms with Gasteiger partial charge in [-0.05, 0) is 87.0 Å². The van der Waals surface area contributed by atoms with E-state index in [-0.39, 0.29) is 5.41 Å². The lowest BCUT2D eigenvalue weighted by Gasteiger charge is -2.50. The van der Waals surface area contributed by atoms with Gasteiger partial charge < -0.3 is 4.74 Å². The number of ether oxygens (including phenoxy) is 1. The third-order valence-electron chi connectivity index (χ3n) is 12.6. The maximum atomic E-state index is 9.56. The zero-order valence-electron chi connectivity index (χ0n) is 33.8. The second-order valence-electron chi connectivity index (χ2n) is 16.5. The van der Waals surface area contributed by atoms with Crippen LogP contribution in [0.15, 0.2) is 200 Å². The van der Waals surface area contributed by atoms with Crippen LogP contribution >= 0.6 is 0 Å². The lowest BCUT2D eigenvalue weighted by molar-refractivity contribution is 0.425. The Hall–Kier alpha value is -7.87. The molecule has 2 aliphatic rings. The molecule has 8 aromatic carbocycles. The van der Waals surface area contributed by atoms with Crippen molar-refractivity contribution in [1.82, 2.24) is 9.97 Å². The average molecular weight is 782 g/mol. The van der Waals surface area contributed by atoms with Crippen LogP contribution in [0.2, 0.25) is 0 Å². The highest BCUT2D eigenvalue weighted by atomic mass is 16.5. The summed E-state index contributed by atoms with van der Waals surface area (Å²) in [5, 5.41) is 9.56. The molecule has 0 radical (unpaired) electrons. The summed E-state index contributed by atoms with van der Waals surface area (Å²) in [6.45, 7) is 4.69. The van der Waals surface area contributed by atoms with Gasteiger partial charge in [-0.3, -0.25) is 0 Å². The molecular weight excluding hydrogens is 743 g/mol. The van der Waals surface area contributed by atoms with Crippen molar-refractivity contribution < 1.29 is 4.74 Å². The van der Waals surface area contributed by atoms with E-state index in [2.05, 4.69) is 159 Å². The van der Waals surface area contributed by atoms with Crippen LogP contribution in [0.1, 0.15) is 52.8 Å². The van der Waals surface area contributed by atoms with E-state index in [0.29, 0.717) is 11.4 Å². The highest BCUT2D eigenvalue weighted by Crippen LogP contribution is 2.61. The minimum atomic E-state index is -0.561. The predicted octanol–water partition coefficient (Wildman–Crippen LogP) is 13.8. The maximum absolute atomic E-state index is 9.56. The summed E-state index contributed by atoms with van der Waals surface area (Å²) < 4.78 is 6.91. The Morgan fingerprint density at radius 3 is 1.49 bits per heavy atom. The van der Waals surface area contributed by atoms with Crippen LogP contribution in [0, 0.1) is 11.3 Å². The van der Waals surface area contributed by atoms with Crippen LogP contribution in [0.25, 0.3) is 56.2 Å². The van der Waals surface area contributed by atoms with Gasteiger partial charge >= 0.3 is 0 Å². The van der Waals surface area contributed by atoms with Crippen LogP contribution in [0.3, 0.4) is 0 Å². The molecule has 288 valence electrons. The lowest BCUT2D eigenvalue weighted by atomic mass is 9.53. The lowest BCUT2D eigenvalue weighted by Crippen LogP contribution is -2.43. The highest BCUT2D eigenvalue weighted by Gasteiger charge is 2.52. The first-order valence-corrected chi connectivity index (χ1v) is 20.7. The van der Waals surface area contributed by atoms with Gasteiger partial charge in [0.05, 0.1) is 28.4 Å². The van der Waals surface area contributed by atoms with E-state index < -0.39 is 5.41 Å². The van der Waals surface area contributed by atoms with Crippen LogP contribution < -0.4 is 4.74 Å². The largest absolute Gasteiger partial charge is 0.457 e. The fourth-order valence-corrected chi connectivity index (χ4v) is 9.75. The summed E-state index contributed by atoms with van der Waals surface area (Å²) in [7, 11) is 0. The van der Waals surface area contributed by atoms with Gasteiger partial charge in [0.2, 0.25) is 0 Å². The smallest absolute Gasteiger partial charge is 0.160 e. The fourth-order valence-electron chi connectivity index (χ4n) is 9.75. The van der Waals surface area contributed by atoms with E-state index in [9.17, 15) is 5.26 Å². The molecule has 4 nitrogen and oxygen atoms in total. The van der Waals surface area contributed by atoms with Crippen molar-refractivity contribution in [1.29, 1.82) is 5.26 Å². The summed E-state index contributed by atoms with van der Waals surface area (Å²) in [6.07, 6.45) is 0. The Morgan fingerprint density at radius 1 is 0.393 bits per heavy atom. The Bertz CT molecular complexity index is 3180. The first kappa shape index (κ1) is 36.2. The number of aromatic nitrogens is 2. The molecule has 2 heterocycles. The molecule has 1 aliphatic heterocycles. The molecule has 0 atom stereocenters. The predicted molar refractivity (Wildman–Crippen MR) is 244 cm³/mol. The van der Waals surface area contributed by atoms with Gasteiger partial charge in [-0.1, -0.05) is 172 Å². The maximum Gasteiger partial charge on any atom is 0.160 e. The van der Waals surface area contributed by atoms with Crippen molar-refractivity contribution in [2.75, 3.05) is 0 Å².